The molecule has 1 unspecified atom stereocenters. The Hall–Kier alpha value is -4.19. The Labute approximate surface area is 295 Å². The molecule has 0 spiro atoms. The molecule has 3 N–H and O–H groups in total. The van der Waals surface area contributed by atoms with Crippen LogP contribution in [0, 0.1) is 6.92 Å². The Balaban J connectivity index is 0.961. The van der Waals surface area contributed by atoms with Crippen molar-refractivity contribution >= 4 is 24.2 Å². The molecule has 3 aliphatic heterocycles. The summed E-state index contributed by atoms with van der Waals surface area (Å²) in [6.45, 7) is 11.9. The van der Waals surface area contributed by atoms with Crippen LogP contribution >= 0.6 is 0 Å². The number of benzene rings is 2. The number of aromatic nitrogens is 2. The summed E-state index contributed by atoms with van der Waals surface area (Å²) >= 11 is 0. The lowest BCUT2D eigenvalue weighted by Gasteiger charge is -2.39. The number of nitrogens with zero attached hydrogens (tertiary/aromatic N) is 5. The van der Waals surface area contributed by atoms with Crippen molar-refractivity contribution in [1.82, 2.24) is 30.0 Å². The zero-order valence-corrected chi connectivity index (χ0v) is 29.6. The van der Waals surface area contributed by atoms with Crippen LogP contribution in [-0.2, 0) is 39.6 Å². The van der Waals surface area contributed by atoms with E-state index >= 15 is 0 Å². The molecule has 11 heteroatoms. The average molecular weight is 682 g/mol. The van der Waals surface area contributed by atoms with Crippen LogP contribution in [-0.4, -0.2) is 86.3 Å². The minimum Gasteiger partial charge on any atom is -0.385 e. The number of carbonyl (C=O) groups excluding carboxylic acids is 3. The first-order valence-electron chi connectivity index (χ1n) is 18.1. The highest BCUT2D eigenvalue weighted by Crippen LogP contribution is 2.35. The normalized spacial score (nSPS) is 20.5. The molecule has 3 saturated heterocycles. The second-order valence-corrected chi connectivity index (χ2v) is 14.7. The highest BCUT2D eigenvalue weighted by atomic mass is 16.3. The molecule has 4 heterocycles. The van der Waals surface area contributed by atoms with Crippen LogP contribution < -0.4 is 10.6 Å². The van der Waals surface area contributed by atoms with Crippen molar-refractivity contribution in [1.29, 1.82) is 0 Å². The van der Waals surface area contributed by atoms with E-state index in [1.54, 1.807) is 0 Å². The molecule has 0 radical (unpaired) electrons. The van der Waals surface area contributed by atoms with E-state index in [0.29, 0.717) is 37.6 Å². The molecule has 50 heavy (non-hydrogen) atoms. The van der Waals surface area contributed by atoms with Gasteiger partial charge >= 0.3 is 0 Å². The Morgan fingerprint density at radius 3 is 2.16 bits per heavy atom. The van der Waals surface area contributed by atoms with Gasteiger partial charge in [0.25, 0.3) is 0 Å². The summed E-state index contributed by atoms with van der Waals surface area (Å²) in [5, 5.41) is 17.6. The molecule has 2 aromatic carbocycles. The van der Waals surface area contributed by atoms with Gasteiger partial charge in [-0.1, -0.05) is 56.3 Å². The summed E-state index contributed by atoms with van der Waals surface area (Å²) in [5.74, 6) is 0.403. The third-order valence-electron chi connectivity index (χ3n) is 10.8. The largest absolute Gasteiger partial charge is 0.385 e. The molecule has 1 aromatic heterocycles. The average Bonchev–Trinajstić information content (AvgIpc) is 3.11. The quantitative estimate of drug-likeness (QED) is 0.190. The van der Waals surface area contributed by atoms with Crippen molar-refractivity contribution in [2.24, 2.45) is 0 Å². The topological polar surface area (TPSA) is 131 Å². The smallest absolute Gasteiger partial charge is 0.249 e. The minimum absolute atomic E-state index is 0.212. The summed E-state index contributed by atoms with van der Waals surface area (Å²) in [7, 11) is 0. The maximum absolute atomic E-state index is 12.4. The number of imide groups is 1. The molecule has 3 fully saturated rings. The molecule has 0 bridgehead atoms. The lowest BCUT2D eigenvalue weighted by Crippen LogP contribution is -2.51. The van der Waals surface area contributed by atoms with Gasteiger partial charge in [-0.2, -0.15) is 0 Å². The molecule has 3 aromatic rings. The van der Waals surface area contributed by atoms with Gasteiger partial charge in [0.1, 0.15) is 6.04 Å². The molecule has 0 saturated carbocycles. The summed E-state index contributed by atoms with van der Waals surface area (Å²) in [6.07, 6.45) is 8.40. The molecule has 266 valence electrons. The van der Waals surface area contributed by atoms with E-state index < -0.39 is 17.6 Å². The molecular formula is C39H51N7O4. The van der Waals surface area contributed by atoms with Crippen LogP contribution in [0.5, 0.6) is 0 Å². The first kappa shape index (κ1) is 35.6. The second kappa shape index (κ2) is 15.8. The first-order chi connectivity index (χ1) is 24.1. The predicted octanol–water partition coefficient (Wildman–Crippen LogP) is 4.23. The monoisotopic (exact) mass is 681 g/mol. The van der Waals surface area contributed by atoms with E-state index in [-0.39, 0.29) is 18.9 Å². The number of likely N-dealkylation sites (tertiary alicyclic amines) is 2. The van der Waals surface area contributed by atoms with Gasteiger partial charge in [0.2, 0.25) is 24.2 Å². The summed E-state index contributed by atoms with van der Waals surface area (Å²) < 4.78 is 0. The van der Waals surface area contributed by atoms with E-state index in [1.165, 1.54) is 16.0 Å². The third-order valence-corrected chi connectivity index (χ3v) is 10.8. The lowest BCUT2D eigenvalue weighted by atomic mass is 9.83. The van der Waals surface area contributed by atoms with E-state index in [2.05, 4.69) is 68.5 Å². The fraction of sp³-hybridized carbons (Fsp3) is 0.513. The third kappa shape index (κ3) is 8.75. The van der Waals surface area contributed by atoms with Crippen LogP contribution in [0.1, 0.15) is 91.7 Å². The van der Waals surface area contributed by atoms with Crippen molar-refractivity contribution in [3.63, 3.8) is 0 Å². The van der Waals surface area contributed by atoms with Crippen molar-refractivity contribution in [3.05, 3.63) is 88.2 Å². The molecule has 6 rings (SSSR count). The zero-order valence-electron chi connectivity index (χ0n) is 29.6. The number of piperidine rings is 3. The standard InChI is InChI=1S/C39H51N7O4/c1-27(2)32-21-40-38(41-22-32)42-34-12-16-44(17-13-34)23-29-5-7-30(8-6-29)24-45-18-14-39(50,15-19-45)33-9-4-28(3)31(20-33)25-46(26-47)35-10-11-36(48)43-37(35)49/h4-9,20-22,26-27,34-35,50H,10-19,23-25H2,1-3H3,(H,40,41,42)(H,43,48,49). The number of hydrogen-bond donors (Lipinski definition) is 3. The van der Waals surface area contributed by atoms with Crippen LogP contribution in [0.4, 0.5) is 5.95 Å². The Bertz CT molecular complexity index is 1630. The fourth-order valence-corrected chi connectivity index (χ4v) is 7.31. The first-order valence-corrected chi connectivity index (χ1v) is 18.1. The van der Waals surface area contributed by atoms with Gasteiger partial charge in [-0.05, 0) is 78.3 Å². The SMILES string of the molecule is Cc1ccc(C2(O)CCN(Cc3ccc(CN4CCC(Nc5ncc(C(C)C)cn5)CC4)cc3)CC2)cc1CN(C=O)C1CCC(=O)NC1=O. The van der Waals surface area contributed by atoms with Crippen molar-refractivity contribution in [2.75, 3.05) is 31.5 Å². The van der Waals surface area contributed by atoms with Crippen LogP contribution in [0.15, 0.2) is 54.9 Å². The van der Waals surface area contributed by atoms with Gasteiger partial charge < -0.3 is 15.3 Å². The van der Waals surface area contributed by atoms with Crippen molar-refractivity contribution in [2.45, 2.75) is 103 Å². The maximum atomic E-state index is 12.4. The molecule has 1 atom stereocenters. The number of hydrogen-bond acceptors (Lipinski definition) is 9. The number of aliphatic hydroxyl groups is 1. The molecule has 0 aliphatic carbocycles. The fourth-order valence-electron chi connectivity index (χ4n) is 7.31. The van der Waals surface area contributed by atoms with Gasteiger partial charge in [-0.3, -0.25) is 29.5 Å². The molecular weight excluding hydrogens is 630 g/mol. The number of rotatable bonds is 12. The van der Waals surface area contributed by atoms with E-state index in [9.17, 15) is 19.5 Å². The predicted molar refractivity (Wildman–Crippen MR) is 192 cm³/mol. The van der Waals surface area contributed by atoms with Gasteiger partial charge in [-0.25, -0.2) is 9.97 Å². The minimum atomic E-state index is -0.960. The maximum Gasteiger partial charge on any atom is 0.249 e. The number of nitrogens with one attached hydrogen (secondary N) is 2. The van der Waals surface area contributed by atoms with Crippen molar-refractivity contribution < 1.29 is 19.5 Å². The van der Waals surface area contributed by atoms with Gasteiger partial charge in [-0.15, -0.1) is 0 Å². The Morgan fingerprint density at radius 1 is 0.960 bits per heavy atom. The molecule has 3 aliphatic rings. The van der Waals surface area contributed by atoms with Gasteiger partial charge in [0, 0.05) is 70.7 Å². The Kier molecular flexibility index (Phi) is 11.2. The summed E-state index contributed by atoms with van der Waals surface area (Å²) in [4.78, 5) is 51.3. The number of amides is 3. The number of carbonyl (C=O) groups is 3. The van der Waals surface area contributed by atoms with Crippen molar-refractivity contribution in [3.8, 4) is 0 Å². The van der Waals surface area contributed by atoms with E-state index in [1.807, 2.05) is 37.5 Å². The van der Waals surface area contributed by atoms with Gasteiger partial charge in [0.05, 0.1) is 5.60 Å². The highest BCUT2D eigenvalue weighted by molar-refractivity contribution is 6.00. The van der Waals surface area contributed by atoms with Crippen LogP contribution in [0.25, 0.3) is 0 Å². The highest BCUT2D eigenvalue weighted by Gasteiger charge is 2.35. The molecule has 11 nitrogen and oxygen atoms in total. The number of anilines is 1. The Morgan fingerprint density at radius 2 is 1.58 bits per heavy atom. The number of aryl methyl sites for hydroxylation is 1. The van der Waals surface area contributed by atoms with E-state index in [4.69, 9.17) is 0 Å². The summed E-state index contributed by atoms with van der Waals surface area (Å²) in [5.41, 5.74) is 5.49. The van der Waals surface area contributed by atoms with Crippen LogP contribution in [0.2, 0.25) is 0 Å². The van der Waals surface area contributed by atoms with E-state index in [0.717, 1.165) is 80.3 Å². The summed E-state index contributed by atoms with van der Waals surface area (Å²) in [6, 6.07) is 14.6. The molecule has 3 amide bonds. The zero-order chi connectivity index (χ0) is 35.3. The van der Waals surface area contributed by atoms with Gasteiger partial charge in [0.15, 0.2) is 0 Å². The second-order valence-electron chi connectivity index (χ2n) is 14.7. The van der Waals surface area contributed by atoms with Crippen LogP contribution in [0.3, 0.4) is 0 Å². The lowest BCUT2D eigenvalue weighted by molar-refractivity contribution is -0.141.